The number of hydrogen-bond donors (Lipinski definition) is 0. The van der Waals surface area contributed by atoms with Gasteiger partial charge in [0.15, 0.2) is 5.65 Å². The van der Waals surface area contributed by atoms with Crippen molar-refractivity contribution in [2.75, 3.05) is 0 Å². The fourth-order valence-electron chi connectivity index (χ4n) is 1.20. The van der Waals surface area contributed by atoms with E-state index in [1.165, 1.54) is 6.33 Å². The van der Waals surface area contributed by atoms with E-state index in [1.54, 1.807) is 10.8 Å². The summed E-state index contributed by atoms with van der Waals surface area (Å²) in [5.74, 6) is 0.396. The zero-order valence-electron chi connectivity index (χ0n) is 7.68. The Hall–Kier alpha value is -1.52. The topological polar surface area (TPSA) is 56.0 Å². The van der Waals surface area contributed by atoms with Gasteiger partial charge in [0, 0.05) is 5.92 Å². The standard InChI is InChI=1S/C8H11N5/c1-3-6(2)7-8-10-4-9-5-13(8)12-11-7/h4-6H,3H2,1-2H3. The van der Waals surface area contributed by atoms with Crippen molar-refractivity contribution in [3.63, 3.8) is 0 Å². The minimum atomic E-state index is 0.396. The molecule has 5 heteroatoms. The molecule has 0 aliphatic rings. The first kappa shape index (κ1) is 8.10. The van der Waals surface area contributed by atoms with E-state index < -0.39 is 0 Å². The van der Waals surface area contributed by atoms with Crippen LogP contribution in [0.5, 0.6) is 0 Å². The van der Waals surface area contributed by atoms with E-state index in [0.717, 1.165) is 17.8 Å². The lowest BCUT2D eigenvalue weighted by Crippen LogP contribution is -1.95. The zero-order valence-corrected chi connectivity index (χ0v) is 7.68. The first-order valence-electron chi connectivity index (χ1n) is 4.33. The molecule has 13 heavy (non-hydrogen) atoms. The molecule has 1 unspecified atom stereocenters. The largest absolute Gasteiger partial charge is 0.225 e. The van der Waals surface area contributed by atoms with Crippen LogP contribution in [0.3, 0.4) is 0 Å². The van der Waals surface area contributed by atoms with Gasteiger partial charge in [-0.2, -0.15) is 4.52 Å². The third kappa shape index (κ3) is 1.26. The Bertz CT molecular complexity index is 408. The minimum Gasteiger partial charge on any atom is -0.225 e. The predicted molar refractivity (Wildman–Crippen MR) is 47.3 cm³/mol. The fraction of sp³-hybridized carbons (Fsp3) is 0.500. The molecule has 68 valence electrons. The SMILES string of the molecule is CCC(C)c1nnn2cncnc12. The molecule has 0 N–H and O–H groups in total. The average Bonchev–Trinajstić information content (AvgIpc) is 2.60. The van der Waals surface area contributed by atoms with Crippen LogP contribution in [0, 0.1) is 0 Å². The summed E-state index contributed by atoms with van der Waals surface area (Å²) in [6, 6.07) is 0. The van der Waals surface area contributed by atoms with Crippen LogP contribution in [0.4, 0.5) is 0 Å². The fourth-order valence-corrected chi connectivity index (χ4v) is 1.20. The highest BCUT2D eigenvalue weighted by atomic mass is 15.4. The quantitative estimate of drug-likeness (QED) is 0.687. The van der Waals surface area contributed by atoms with E-state index in [4.69, 9.17) is 0 Å². The number of aromatic nitrogens is 5. The van der Waals surface area contributed by atoms with Gasteiger partial charge in [-0.05, 0) is 6.42 Å². The Balaban J connectivity index is 2.57. The molecule has 0 amide bonds. The molecule has 0 spiro atoms. The highest BCUT2D eigenvalue weighted by Gasteiger charge is 2.12. The average molecular weight is 177 g/mol. The Morgan fingerprint density at radius 1 is 1.54 bits per heavy atom. The lowest BCUT2D eigenvalue weighted by atomic mass is 10.1. The molecule has 2 aromatic rings. The van der Waals surface area contributed by atoms with E-state index in [2.05, 4.69) is 34.1 Å². The normalized spacial score (nSPS) is 13.4. The second kappa shape index (κ2) is 3.08. The van der Waals surface area contributed by atoms with Crippen LogP contribution in [0.1, 0.15) is 31.9 Å². The molecule has 0 saturated carbocycles. The molecular formula is C8H11N5. The first-order chi connectivity index (χ1) is 6.33. The van der Waals surface area contributed by atoms with Gasteiger partial charge in [-0.3, -0.25) is 0 Å². The maximum atomic E-state index is 4.14. The molecular weight excluding hydrogens is 166 g/mol. The Kier molecular flexibility index (Phi) is 1.92. The third-order valence-electron chi connectivity index (χ3n) is 2.20. The van der Waals surface area contributed by atoms with Crippen molar-refractivity contribution in [1.82, 2.24) is 24.8 Å². The summed E-state index contributed by atoms with van der Waals surface area (Å²) < 4.78 is 1.60. The van der Waals surface area contributed by atoms with Gasteiger partial charge in [0.05, 0.1) is 0 Å². The first-order valence-corrected chi connectivity index (χ1v) is 4.33. The lowest BCUT2D eigenvalue weighted by molar-refractivity contribution is 0.703. The van der Waals surface area contributed by atoms with Crippen LogP contribution in [0.15, 0.2) is 12.7 Å². The van der Waals surface area contributed by atoms with Crippen LogP contribution in [0.2, 0.25) is 0 Å². The van der Waals surface area contributed by atoms with E-state index >= 15 is 0 Å². The van der Waals surface area contributed by atoms with Gasteiger partial charge in [0.25, 0.3) is 0 Å². The highest BCUT2D eigenvalue weighted by molar-refractivity contribution is 5.42. The summed E-state index contributed by atoms with van der Waals surface area (Å²) in [6.45, 7) is 4.24. The smallest absolute Gasteiger partial charge is 0.182 e. The van der Waals surface area contributed by atoms with Gasteiger partial charge in [-0.25, -0.2) is 9.97 Å². The van der Waals surface area contributed by atoms with Crippen LogP contribution in [0.25, 0.3) is 5.65 Å². The molecule has 2 rings (SSSR count). The van der Waals surface area contributed by atoms with Crippen molar-refractivity contribution in [3.8, 4) is 0 Å². The second-order valence-corrected chi connectivity index (χ2v) is 3.06. The van der Waals surface area contributed by atoms with Crippen molar-refractivity contribution in [2.24, 2.45) is 0 Å². The molecule has 5 nitrogen and oxygen atoms in total. The monoisotopic (exact) mass is 177 g/mol. The second-order valence-electron chi connectivity index (χ2n) is 3.06. The number of hydrogen-bond acceptors (Lipinski definition) is 4. The molecule has 0 fully saturated rings. The summed E-state index contributed by atoms with van der Waals surface area (Å²) in [4.78, 5) is 8.00. The molecule has 0 aliphatic heterocycles. The highest BCUT2D eigenvalue weighted by Crippen LogP contribution is 2.18. The van der Waals surface area contributed by atoms with Crippen molar-refractivity contribution in [3.05, 3.63) is 18.3 Å². The van der Waals surface area contributed by atoms with Gasteiger partial charge in [-0.1, -0.05) is 19.1 Å². The summed E-state index contributed by atoms with van der Waals surface area (Å²) >= 11 is 0. The Labute approximate surface area is 75.8 Å². The van der Waals surface area contributed by atoms with Crippen molar-refractivity contribution in [2.45, 2.75) is 26.2 Å². The van der Waals surface area contributed by atoms with Gasteiger partial charge < -0.3 is 0 Å². The molecule has 0 aromatic carbocycles. The molecule has 2 heterocycles. The summed E-state index contributed by atoms with van der Waals surface area (Å²) in [7, 11) is 0. The molecule has 0 aliphatic carbocycles. The Morgan fingerprint density at radius 2 is 2.38 bits per heavy atom. The number of fused-ring (bicyclic) bond motifs is 1. The molecule has 0 saturated heterocycles. The van der Waals surface area contributed by atoms with E-state index in [0.29, 0.717) is 5.92 Å². The van der Waals surface area contributed by atoms with Crippen LogP contribution < -0.4 is 0 Å². The number of nitrogens with zero attached hydrogens (tertiary/aromatic N) is 5. The number of rotatable bonds is 2. The maximum absolute atomic E-state index is 4.14. The van der Waals surface area contributed by atoms with Crippen LogP contribution >= 0.6 is 0 Å². The molecule has 2 aromatic heterocycles. The summed E-state index contributed by atoms with van der Waals surface area (Å²) in [5.41, 5.74) is 1.76. The molecule has 1 atom stereocenters. The zero-order chi connectivity index (χ0) is 9.26. The van der Waals surface area contributed by atoms with Crippen molar-refractivity contribution in [1.29, 1.82) is 0 Å². The summed E-state index contributed by atoms with van der Waals surface area (Å²) in [5, 5.41) is 8.01. The Morgan fingerprint density at radius 3 is 3.15 bits per heavy atom. The van der Waals surface area contributed by atoms with Gasteiger partial charge in [0.1, 0.15) is 18.3 Å². The lowest BCUT2D eigenvalue weighted by Gasteiger charge is -2.01. The van der Waals surface area contributed by atoms with Crippen molar-refractivity contribution < 1.29 is 0 Å². The maximum Gasteiger partial charge on any atom is 0.182 e. The third-order valence-corrected chi connectivity index (χ3v) is 2.20. The van der Waals surface area contributed by atoms with E-state index in [-0.39, 0.29) is 0 Å². The van der Waals surface area contributed by atoms with Gasteiger partial charge in [0.2, 0.25) is 0 Å². The van der Waals surface area contributed by atoms with Crippen LogP contribution in [-0.4, -0.2) is 24.8 Å². The predicted octanol–water partition coefficient (Wildman–Crippen LogP) is 1.03. The molecule has 0 bridgehead atoms. The van der Waals surface area contributed by atoms with Gasteiger partial charge in [-0.15, -0.1) is 5.10 Å². The summed E-state index contributed by atoms with van der Waals surface area (Å²) in [6.07, 6.45) is 4.17. The van der Waals surface area contributed by atoms with E-state index in [9.17, 15) is 0 Å². The van der Waals surface area contributed by atoms with Crippen molar-refractivity contribution >= 4 is 5.65 Å². The van der Waals surface area contributed by atoms with Gasteiger partial charge >= 0.3 is 0 Å². The molecule has 0 radical (unpaired) electrons. The minimum absolute atomic E-state index is 0.396. The van der Waals surface area contributed by atoms with E-state index in [1.807, 2.05) is 0 Å². The van der Waals surface area contributed by atoms with Crippen LogP contribution in [-0.2, 0) is 0 Å².